The van der Waals surface area contributed by atoms with Crippen LogP contribution >= 0.6 is 27.3 Å². The van der Waals surface area contributed by atoms with Gasteiger partial charge < -0.3 is 5.32 Å². The summed E-state index contributed by atoms with van der Waals surface area (Å²) in [5, 5.41) is 7.27. The topological polar surface area (TPSA) is 32.3 Å². The Labute approximate surface area is 148 Å². The van der Waals surface area contributed by atoms with Gasteiger partial charge in [-0.3, -0.25) is 9.69 Å². The Morgan fingerprint density at radius 2 is 2.00 bits per heavy atom. The van der Waals surface area contributed by atoms with Crippen LogP contribution in [-0.4, -0.2) is 24.4 Å². The molecule has 0 fully saturated rings. The van der Waals surface area contributed by atoms with Crippen molar-refractivity contribution in [3.63, 3.8) is 0 Å². The summed E-state index contributed by atoms with van der Waals surface area (Å²) in [5.41, 5.74) is 0.861. The van der Waals surface area contributed by atoms with Crippen LogP contribution in [0.15, 0.2) is 58.4 Å². The van der Waals surface area contributed by atoms with Crippen molar-refractivity contribution in [1.82, 2.24) is 4.90 Å². The molecule has 1 heterocycles. The lowest BCUT2D eigenvalue weighted by Gasteiger charge is -2.16. The number of hydrogen-bond acceptors (Lipinski definition) is 3. The van der Waals surface area contributed by atoms with E-state index in [0.717, 1.165) is 27.5 Å². The number of likely N-dealkylation sites (N-methyl/N-ethyl adjacent to an activating group) is 1. The van der Waals surface area contributed by atoms with Gasteiger partial charge in [0.25, 0.3) is 0 Å². The minimum absolute atomic E-state index is 0.000486. The Bertz CT molecular complexity index is 825. The smallest absolute Gasteiger partial charge is 0.238 e. The number of rotatable bonds is 5. The highest BCUT2D eigenvalue weighted by Crippen LogP contribution is 2.23. The number of amides is 1. The number of halogens is 1. The zero-order valence-corrected chi connectivity index (χ0v) is 15.2. The van der Waals surface area contributed by atoms with E-state index in [-0.39, 0.29) is 5.91 Å². The molecule has 0 saturated carbocycles. The predicted molar refractivity (Wildman–Crippen MR) is 101 cm³/mol. The Kier molecular flexibility index (Phi) is 5.10. The standard InChI is InChI=1S/C18H17BrN2OS/c1-21(10-15-9-14(19)12-23-15)11-18(22)20-17-8-4-6-13-5-2-3-7-16(13)17/h2-9,12H,10-11H2,1H3,(H,20,22). The maximum absolute atomic E-state index is 12.3. The second-order valence-electron chi connectivity index (χ2n) is 5.48. The minimum atomic E-state index is -0.000486. The van der Waals surface area contributed by atoms with E-state index >= 15 is 0 Å². The molecule has 0 aliphatic heterocycles. The van der Waals surface area contributed by atoms with Crippen molar-refractivity contribution in [3.05, 3.63) is 63.3 Å². The van der Waals surface area contributed by atoms with E-state index in [1.165, 1.54) is 4.88 Å². The Morgan fingerprint density at radius 3 is 2.78 bits per heavy atom. The average molecular weight is 389 g/mol. The van der Waals surface area contributed by atoms with Gasteiger partial charge >= 0.3 is 0 Å². The molecule has 0 bridgehead atoms. The Morgan fingerprint density at radius 1 is 1.22 bits per heavy atom. The van der Waals surface area contributed by atoms with E-state index in [4.69, 9.17) is 0 Å². The highest BCUT2D eigenvalue weighted by Gasteiger charge is 2.10. The second kappa shape index (κ2) is 7.25. The number of nitrogens with one attached hydrogen (secondary N) is 1. The number of fused-ring (bicyclic) bond motifs is 1. The van der Waals surface area contributed by atoms with Gasteiger partial charge in [0.15, 0.2) is 0 Å². The number of carbonyl (C=O) groups excluding carboxylic acids is 1. The summed E-state index contributed by atoms with van der Waals surface area (Å²) in [6, 6.07) is 16.1. The summed E-state index contributed by atoms with van der Waals surface area (Å²) < 4.78 is 1.09. The molecule has 5 heteroatoms. The maximum atomic E-state index is 12.3. The highest BCUT2D eigenvalue weighted by atomic mass is 79.9. The fraction of sp³-hybridized carbons (Fsp3) is 0.167. The van der Waals surface area contributed by atoms with Crippen molar-refractivity contribution in [2.45, 2.75) is 6.54 Å². The van der Waals surface area contributed by atoms with Gasteiger partial charge in [-0.05, 0) is 40.5 Å². The van der Waals surface area contributed by atoms with E-state index in [1.807, 2.05) is 54.4 Å². The van der Waals surface area contributed by atoms with Gasteiger partial charge in [-0.1, -0.05) is 36.4 Å². The molecule has 23 heavy (non-hydrogen) atoms. The number of carbonyl (C=O) groups is 1. The van der Waals surface area contributed by atoms with Gasteiger partial charge in [-0.2, -0.15) is 0 Å². The number of hydrogen-bond donors (Lipinski definition) is 1. The Balaban J connectivity index is 1.64. The molecule has 0 aliphatic rings. The van der Waals surface area contributed by atoms with E-state index in [1.54, 1.807) is 11.3 Å². The zero-order valence-electron chi connectivity index (χ0n) is 12.8. The van der Waals surface area contributed by atoms with E-state index in [2.05, 4.69) is 32.7 Å². The third kappa shape index (κ3) is 4.19. The predicted octanol–water partition coefficient (Wildman–Crippen LogP) is 4.73. The van der Waals surface area contributed by atoms with Crippen LogP contribution in [0.2, 0.25) is 0 Å². The van der Waals surface area contributed by atoms with Gasteiger partial charge in [0.1, 0.15) is 0 Å². The molecule has 1 N–H and O–H groups in total. The maximum Gasteiger partial charge on any atom is 0.238 e. The van der Waals surface area contributed by atoms with Crippen LogP contribution < -0.4 is 5.32 Å². The Hall–Kier alpha value is -1.69. The first-order valence-electron chi connectivity index (χ1n) is 7.31. The van der Waals surface area contributed by atoms with Crippen molar-refractivity contribution < 1.29 is 4.79 Å². The molecule has 0 aliphatic carbocycles. The third-order valence-corrected chi connectivity index (χ3v) is 5.21. The number of anilines is 1. The van der Waals surface area contributed by atoms with Crippen molar-refractivity contribution in [2.24, 2.45) is 0 Å². The van der Waals surface area contributed by atoms with Gasteiger partial charge in [0.05, 0.1) is 6.54 Å². The average Bonchev–Trinajstić information content (AvgIpc) is 2.92. The molecule has 3 rings (SSSR count). The van der Waals surface area contributed by atoms with Crippen molar-refractivity contribution in [2.75, 3.05) is 18.9 Å². The van der Waals surface area contributed by atoms with Crippen LogP contribution in [0.5, 0.6) is 0 Å². The fourth-order valence-electron chi connectivity index (χ4n) is 2.53. The van der Waals surface area contributed by atoms with Crippen molar-refractivity contribution >= 4 is 49.6 Å². The summed E-state index contributed by atoms with van der Waals surface area (Å²) in [6.07, 6.45) is 0. The monoisotopic (exact) mass is 388 g/mol. The lowest BCUT2D eigenvalue weighted by atomic mass is 10.1. The molecule has 1 aromatic heterocycles. The van der Waals surface area contributed by atoms with E-state index in [9.17, 15) is 4.79 Å². The summed E-state index contributed by atoms with van der Waals surface area (Å²) in [7, 11) is 1.95. The normalized spacial score (nSPS) is 11.1. The third-order valence-electron chi connectivity index (χ3n) is 3.52. The molecule has 0 radical (unpaired) electrons. The van der Waals surface area contributed by atoms with Crippen LogP contribution in [-0.2, 0) is 11.3 Å². The second-order valence-corrected chi connectivity index (χ2v) is 7.39. The SMILES string of the molecule is CN(CC(=O)Nc1cccc2ccccc12)Cc1cc(Br)cs1. The summed E-state index contributed by atoms with van der Waals surface area (Å²) in [6.45, 7) is 1.12. The molecule has 3 aromatic rings. The van der Waals surface area contributed by atoms with Gasteiger partial charge in [-0.25, -0.2) is 0 Å². The summed E-state index contributed by atoms with van der Waals surface area (Å²) >= 11 is 5.14. The van der Waals surface area contributed by atoms with Crippen LogP contribution in [0.4, 0.5) is 5.69 Å². The molecular formula is C18H17BrN2OS. The molecule has 2 aromatic carbocycles. The molecule has 1 amide bonds. The van der Waals surface area contributed by atoms with Crippen LogP contribution in [0.25, 0.3) is 10.8 Å². The zero-order chi connectivity index (χ0) is 16.2. The quantitative estimate of drug-likeness (QED) is 0.684. The van der Waals surface area contributed by atoms with Crippen molar-refractivity contribution in [3.8, 4) is 0 Å². The fourth-order valence-corrected chi connectivity index (χ4v) is 4.06. The molecule has 0 unspecified atom stereocenters. The van der Waals surface area contributed by atoms with E-state index < -0.39 is 0 Å². The number of benzene rings is 2. The number of nitrogens with zero attached hydrogens (tertiary/aromatic N) is 1. The molecule has 0 atom stereocenters. The first-order valence-corrected chi connectivity index (χ1v) is 8.98. The van der Waals surface area contributed by atoms with Gasteiger partial charge in [0, 0.05) is 32.3 Å². The molecule has 118 valence electrons. The molecular weight excluding hydrogens is 372 g/mol. The largest absolute Gasteiger partial charge is 0.324 e. The van der Waals surface area contributed by atoms with Gasteiger partial charge in [-0.15, -0.1) is 11.3 Å². The first kappa shape index (κ1) is 16.2. The van der Waals surface area contributed by atoms with Crippen molar-refractivity contribution in [1.29, 1.82) is 0 Å². The van der Waals surface area contributed by atoms with Crippen LogP contribution in [0.3, 0.4) is 0 Å². The molecule has 3 nitrogen and oxygen atoms in total. The highest BCUT2D eigenvalue weighted by molar-refractivity contribution is 9.10. The van der Waals surface area contributed by atoms with E-state index in [0.29, 0.717) is 6.54 Å². The lowest BCUT2D eigenvalue weighted by Crippen LogP contribution is -2.29. The summed E-state index contributed by atoms with van der Waals surface area (Å²) in [4.78, 5) is 15.5. The first-order chi connectivity index (χ1) is 11.1. The summed E-state index contributed by atoms with van der Waals surface area (Å²) in [5.74, 6) is -0.000486. The number of thiophene rings is 1. The van der Waals surface area contributed by atoms with Crippen LogP contribution in [0, 0.1) is 0 Å². The lowest BCUT2D eigenvalue weighted by molar-refractivity contribution is -0.117. The molecule has 0 saturated heterocycles. The molecule has 0 spiro atoms. The minimum Gasteiger partial charge on any atom is -0.324 e. The van der Waals surface area contributed by atoms with Crippen LogP contribution in [0.1, 0.15) is 4.88 Å². The van der Waals surface area contributed by atoms with Gasteiger partial charge in [0.2, 0.25) is 5.91 Å².